The van der Waals surface area contributed by atoms with Gasteiger partial charge in [0.1, 0.15) is 11.7 Å². The molecule has 0 aliphatic carbocycles. The van der Waals surface area contributed by atoms with Gasteiger partial charge in [-0.3, -0.25) is 0 Å². The lowest BCUT2D eigenvalue weighted by Crippen LogP contribution is -2.24. The van der Waals surface area contributed by atoms with Crippen LogP contribution in [0.4, 0.5) is 0 Å². The fourth-order valence-corrected chi connectivity index (χ4v) is 1.06. The lowest BCUT2D eigenvalue weighted by molar-refractivity contribution is 0.131. The molecule has 1 saturated heterocycles. The smallest absolute Gasteiger partial charge is 0.145 e. The van der Waals surface area contributed by atoms with E-state index in [-0.39, 0.29) is 5.60 Å². The summed E-state index contributed by atoms with van der Waals surface area (Å²) < 4.78 is 5.08. The largest absolute Gasteiger partial charge is 0.377 e. The van der Waals surface area contributed by atoms with E-state index in [0.29, 0.717) is 6.61 Å². The molecule has 1 heterocycles. The molecule has 0 saturated carbocycles. The van der Waals surface area contributed by atoms with Crippen LogP contribution in [0.3, 0.4) is 0 Å². The Morgan fingerprint density at radius 2 is 2.23 bits per heavy atom. The molecule has 1 fully saturated rings. The van der Waals surface area contributed by atoms with Gasteiger partial charge in [0.2, 0.25) is 0 Å². The maximum absolute atomic E-state index is 9.51. The van der Waals surface area contributed by atoms with Crippen molar-refractivity contribution in [3.05, 3.63) is 0 Å². The maximum atomic E-state index is 9.51. The first kappa shape index (κ1) is 10.6. The van der Waals surface area contributed by atoms with Gasteiger partial charge in [-0.1, -0.05) is 25.7 Å². The van der Waals surface area contributed by atoms with Gasteiger partial charge in [0.05, 0.1) is 6.61 Å². The van der Waals surface area contributed by atoms with Gasteiger partial charge in [-0.25, -0.2) is 0 Å². The van der Waals surface area contributed by atoms with Crippen LogP contribution in [0.25, 0.3) is 0 Å². The molecule has 2 atom stereocenters. The lowest BCUT2D eigenvalue weighted by Gasteiger charge is -2.05. The van der Waals surface area contributed by atoms with Gasteiger partial charge in [0, 0.05) is 6.42 Å². The molecular weight excluding hydrogens is 164 g/mol. The second-order valence-corrected chi connectivity index (χ2v) is 3.78. The molecule has 0 aromatic heterocycles. The van der Waals surface area contributed by atoms with Crippen molar-refractivity contribution in [1.82, 2.24) is 0 Å². The van der Waals surface area contributed by atoms with E-state index in [1.54, 1.807) is 0 Å². The minimum atomic E-state index is -0.603. The van der Waals surface area contributed by atoms with Crippen molar-refractivity contribution < 1.29 is 9.84 Å². The third-order valence-electron chi connectivity index (χ3n) is 2.32. The number of aliphatic hydroxyl groups is 1. The molecule has 1 rings (SSSR count). The minimum absolute atomic E-state index is 0.363. The summed E-state index contributed by atoms with van der Waals surface area (Å²) in [6.07, 6.45) is 3.85. The molecule has 0 bridgehead atoms. The highest BCUT2D eigenvalue weighted by Crippen LogP contribution is 2.29. The number of epoxide rings is 1. The molecule has 1 N–H and O–H groups in total. The fourth-order valence-electron chi connectivity index (χ4n) is 1.06. The Hall–Kier alpha value is -0.520. The molecule has 2 heteroatoms. The molecule has 0 amide bonds. The van der Waals surface area contributed by atoms with Crippen LogP contribution in [0.1, 0.15) is 39.5 Å². The van der Waals surface area contributed by atoms with Crippen molar-refractivity contribution in [1.29, 1.82) is 0 Å². The van der Waals surface area contributed by atoms with Gasteiger partial charge >= 0.3 is 0 Å². The van der Waals surface area contributed by atoms with Crippen LogP contribution < -0.4 is 0 Å². The minimum Gasteiger partial charge on any atom is -0.377 e. The first-order valence-electron chi connectivity index (χ1n) is 4.99. The Morgan fingerprint density at radius 3 is 2.77 bits per heavy atom. The van der Waals surface area contributed by atoms with Crippen LogP contribution in [0.15, 0.2) is 0 Å². The standard InChI is InChI=1S/C11H18O2/c1-3-4-5-6-7-8-10(12)11(2)9-13-11/h10,12H,3-6,9H2,1-2H3/t10-,11+/m0/s1. The van der Waals surface area contributed by atoms with Crippen LogP contribution in [0.5, 0.6) is 0 Å². The molecule has 2 nitrogen and oxygen atoms in total. The molecule has 1 aliphatic heterocycles. The summed E-state index contributed by atoms with van der Waals surface area (Å²) in [5.41, 5.74) is -0.363. The van der Waals surface area contributed by atoms with E-state index in [1.807, 2.05) is 6.92 Å². The number of unbranched alkanes of at least 4 members (excludes halogenated alkanes) is 3. The van der Waals surface area contributed by atoms with Crippen molar-refractivity contribution in [3.63, 3.8) is 0 Å². The Kier molecular flexibility index (Phi) is 3.77. The van der Waals surface area contributed by atoms with Crippen molar-refractivity contribution in [3.8, 4) is 11.8 Å². The van der Waals surface area contributed by atoms with Gasteiger partial charge < -0.3 is 9.84 Å². The molecule has 0 unspecified atom stereocenters. The van der Waals surface area contributed by atoms with Crippen LogP contribution in [-0.2, 0) is 4.74 Å². The van der Waals surface area contributed by atoms with Crippen molar-refractivity contribution in [2.24, 2.45) is 0 Å². The Balaban J connectivity index is 2.15. The van der Waals surface area contributed by atoms with Gasteiger partial charge in [0.15, 0.2) is 0 Å². The monoisotopic (exact) mass is 182 g/mol. The predicted octanol–water partition coefficient (Wildman–Crippen LogP) is 1.72. The number of hydrogen-bond acceptors (Lipinski definition) is 2. The zero-order valence-corrected chi connectivity index (χ0v) is 8.47. The first-order chi connectivity index (χ1) is 6.19. The number of hydrogen-bond donors (Lipinski definition) is 1. The Bertz CT molecular complexity index is 208. The second kappa shape index (κ2) is 4.64. The summed E-state index contributed by atoms with van der Waals surface area (Å²) in [7, 11) is 0. The van der Waals surface area contributed by atoms with E-state index < -0.39 is 6.10 Å². The third kappa shape index (κ3) is 3.38. The average Bonchev–Trinajstić information content (AvgIpc) is 2.84. The first-order valence-corrected chi connectivity index (χ1v) is 4.99. The highest BCUT2D eigenvalue weighted by atomic mass is 16.6. The number of ether oxygens (including phenoxy) is 1. The molecular formula is C11H18O2. The zero-order chi connectivity index (χ0) is 9.73. The van der Waals surface area contributed by atoms with Crippen LogP contribution >= 0.6 is 0 Å². The van der Waals surface area contributed by atoms with Gasteiger partial charge in [0.25, 0.3) is 0 Å². The molecule has 0 spiro atoms. The van der Waals surface area contributed by atoms with E-state index in [1.165, 1.54) is 12.8 Å². The highest BCUT2D eigenvalue weighted by molar-refractivity contribution is 5.14. The van der Waals surface area contributed by atoms with E-state index in [2.05, 4.69) is 18.8 Å². The highest BCUT2D eigenvalue weighted by Gasteiger charge is 2.45. The summed E-state index contributed by atoms with van der Waals surface area (Å²) in [5, 5.41) is 9.51. The summed E-state index contributed by atoms with van der Waals surface area (Å²) in [6.45, 7) is 4.69. The second-order valence-electron chi connectivity index (χ2n) is 3.78. The molecule has 13 heavy (non-hydrogen) atoms. The van der Waals surface area contributed by atoms with Crippen LogP contribution in [-0.4, -0.2) is 23.4 Å². The van der Waals surface area contributed by atoms with E-state index in [9.17, 15) is 5.11 Å². The summed E-state index contributed by atoms with van der Waals surface area (Å²) in [4.78, 5) is 0. The van der Waals surface area contributed by atoms with Gasteiger partial charge in [-0.05, 0) is 13.3 Å². The van der Waals surface area contributed by atoms with Crippen LogP contribution in [0, 0.1) is 11.8 Å². The van der Waals surface area contributed by atoms with Crippen molar-refractivity contribution in [2.75, 3.05) is 6.61 Å². The van der Waals surface area contributed by atoms with E-state index in [0.717, 1.165) is 12.8 Å². The fraction of sp³-hybridized carbons (Fsp3) is 0.818. The Morgan fingerprint density at radius 1 is 1.54 bits per heavy atom. The van der Waals surface area contributed by atoms with Crippen molar-refractivity contribution >= 4 is 0 Å². The quantitative estimate of drug-likeness (QED) is 0.408. The van der Waals surface area contributed by atoms with Crippen molar-refractivity contribution in [2.45, 2.75) is 51.2 Å². The number of rotatable bonds is 4. The predicted molar refractivity (Wildman–Crippen MR) is 52.3 cm³/mol. The third-order valence-corrected chi connectivity index (χ3v) is 2.32. The van der Waals surface area contributed by atoms with Gasteiger partial charge in [-0.2, -0.15) is 0 Å². The molecule has 0 aromatic rings. The molecule has 1 aliphatic rings. The van der Waals surface area contributed by atoms with E-state index in [4.69, 9.17) is 4.74 Å². The lowest BCUT2D eigenvalue weighted by atomic mass is 10.1. The van der Waals surface area contributed by atoms with Crippen LogP contribution in [0.2, 0.25) is 0 Å². The zero-order valence-electron chi connectivity index (χ0n) is 8.47. The normalized spacial score (nSPS) is 27.6. The average molecular weight is 182 g/mol. The summed E-state index contributed by atoms with van der Waals surface area (Å²) >= 11 is 0. The summed E-state index contributed by atoms with van der Waals surface area (Å²) in [5.74, 6) is 5.81. The molecule has 0 aromatic carbocycles. The SMILES string of the molecule is CCCCCC#C[C@H](O)[C@@]1(C)CO1. The summed E-state index contributed by atoms with van der Waals surface area (Å²) in [6, 6.07) is 0. The molecule has 74 valence electrons. The maximum Gasteiger partial charge on any atom is 0.145 e. The van der Waals surface area contributed by atoms with E-state index >= 15 is 0 Å². The molecule has 0 radical (unpaired) electrons. The topological polar surface area (TPSA) is 32.8 Å². The van der Waals surface area contributed by atoms with Gasteiger partial charge in [-0.15, -0.1) is 5.92 Å². The number of aliphatic hydroxyl groups excluding tert-OH is 1. The Labute approximate surface area is 80.3 Å².